The Balaban J connectivity index is 2.17. The van der Waals surface area contributed by atoms with E-state index in [0.717, 1.165) is 9.13 Å². The largest absolute Gasteiger partial charge is 0.423 e. The molecule has 3 nitrogen and oxygen atoms in total. The molecule has 0 aliphatic carbocycles. The third-order valence-electron chi connectivity index (χ3n) is 2.56. The summed E-state index contributed by atoms with van der Waals surface area (Å²) in [6, 6.07) is 14.2. The van der Waals surface area contributed by atoms with Crippen molar-refractivity contribution in [1.82, 2.24) is 0 Å². The fourth-order valence-electron chi connectivity index (χ4n) is 1.51. The first kappa shape index (κ1) is 13.6. The summed E-state index contributed by atoms with van der Waals surface area (Å²) in [6.45, 7) is 1.96. The molecule has 0 amide bonds. The van der Waals surface area contributed by atoms with Crippen molar-refractivity contribution in [3.63, 3.8) is 0 Å². The number of nitriles is 1. The summed E-state index contributed by atoms with van der Waals surface area (Å²) in [5.74, 6) is 0.0366. The lowest BCUT2D eigenvalue weighted by atomic mass is 10.1. The molecule has 0 aromatic heterocycles. The second-order valence-electron chi connectivity index (χ2n) is 4.01. The van der Waals surface area contributed by atoms with Gasteiger partial charge in [0.15, 0.2) is 0 Å². The number of carbonyl (C=O) groups is 1. The van der Waals surface area contributed by atoms with Crippen LogP contribution in [0.25, 0.3) is 0 Å². The first-order valence-electron chi connectivity index (χ1n) is 5.58. The molecule has 0 heterocycles. The molecule has 2 aromatic rings. The van der Waals surface area contributed by atoms with E-state index in [0.29, 0.717) is 16.9 Å². The number of carbonyl (C=O) groups excluding carboxylic acids is 1. The van der Waals surface area contributed by atoms with E-state index in [2.05, 4.69) is 6.07 Å². The van der Waals surface area contributed by atoms with Gasteiger partial charge >= 0.3 is 5.97 Å². The van der Waals surface area contributed by atoms with Gasteiger partial charge in [-0.3, -0.25) is 0 Å². The van der Waals surface area contributed by atoms with Crippen molar-refractivity contribution in [2.24, 2.45) is 0 Å². The summed E-state index contributed by atoms with van der Waals surface area (Å²) in [4.78, 5) is 11.9. The van der Waals surface area contributed by atoms with E-state index >= 15 is 0 Å². The fourth-order valence-corrected chi connectivity index (χ4v) is 2.11. The van der Waals surface area contributed by atoms with E-state index in [1.165, 1.54) is 0 Å². The summed E-state index contributed by atoms with van der Waals surface area (Å²) in [7, 11) is 0. The van der Waals surface area contributed by atoms with Crippen LogP contribution in [0, 0.1) is 21.8 Å². The maximum atomic E-state index is 11.9. The monoisotopic (exact) mass is 363 g/mol. The Kier molecular flexibility index (Phi) is 4.17. The minimum atomic E-state index is -0.402. The van der Waals surface area contributed by atoms with Crippen molar-refractivity contribution in [3.8, 4) is 11.8 Å². The molecule has 0 aliphatic rings. The Hall–Kier alpha value is -1.87. The number of hydrogen-bond donors (Lipinski definition) is 0. The zero-order valence-corrected chi connectivity index (χ0v) is 12.3. The molecule has 2 aromatic carbocycles. The summed E-state index contributed by atoms with van der Waals surface area (Å²) in [6.07, 6.45) is 0. The molecule has 0 unspecified atom stereocenters. The predicted molar refractivity (Wildman–Crippen MR) is 80.0 cm³/mol. The average Bonchev–Trinajstić information content (AvgIpc) is 2.39. The number of esters is 1. The molecular weight excluding hydrogens is 353 g/mol. The summed E-state index contributed by atoms with van der Waals surface area (Å²) in [5, 5.41) is 8.83. The van der Waals surface area contributed by atoms with Gasteiger partial charge in [0, 0.05) is 3.57 Å². The second-order valence-corrected chi connectivity index (χ2v) is 5.17. The maximum Gasteiger partial charge on any atom is 0.343 e. The lowest BCUT2D eigenvalue weighted by Crippen LogP contribution is -2.08. The molecule has 0 aliphatic heterocycles. The van der Waals surface area contributed by atoms with Crippen molar-refractivity contribution >= 4 is 28.6 Å². The molecule has 0 N–H and O–H groups in total. The molecule has 4 heteroatoms. The number of rotatable bonds is 2. The van der Waals surface area contributed by atoms with Gasteiger partial charge in [-0.05, 0) is 59.8 Å². The van der Waals surface area contributed by atoms with E-state index in [1.54, 1.807) is 30.3 Å². The molecule has 0 fully saturated rings. The van der Waals surface area contributed by atoms with Crippen LogP contribution in [0.2, 0.25) is 0 Å². The Bertz CT molecular complexity index is 657. The molecule has 0 saturated heterocycles. The van der Waals surface area contributed by atoms with Crippen molar-refractivity contribution in [1.29, 1.82) is 5.26 Å². The molecule has 0 radical (unpaired) electrons. The Morgan fingerprint density at radius 2 is 1.89 bits per heavy atom. The van der Waals surface area contributed by atoms with Crippen molar-refractivity contribution in [2.45, 2.75) is 6.92 Å². The number of ether oxygens (including phenoxy) is 1. The van der Waals surface area contributed by atoms with Crippen molar-refractivity contribution < 1.29 is 9.53 Å². The van der Waals surface area contributed by atoms with Crippen LogP contribution >= 0.6 is 22.6 Å². The summed E-state index contributed by atoms with van der Waals surface area (Å²) < 4.78 is 6.03. The van der Waals surface area contributed by atoms with Gasteiger partial charge in [0.2, 0.25) is 0 Å². The van der Waals surface area contributed by atoms with Gasteiger partial charge < -0.3 is 4.74 Å². The topological polar surface area (TPSA) is 50.1 Å². The van der Waals surface area contributed by atoms with Gasteiger partial charge in [-0.1, -0.05) is 17.7 Å². The van der Waals surface area contributed by atoms with E-state index < -0.39 is 5.97 Å². The van der Waals surface area contributed by atoms with Crippen LogP contribution < -0.4 is 4.74 Å². The fraction of sp³-hybridized carbons (Fsp3) is 0.0667. The highest BCUT2D eigenvalue weighted by Crippen LogP contribution is 2.20. The molecule has 0 bridgehead atoms. The summed E-state index contributed by atoms with van der Waals surface area (Å²) >= 11 is 2.04. The zero-order valence-electron chi connectivity index (χ0n) is 10.2. The number of nitrogens with zero attached hydrogens (tertiary/aromatic N) is 1. The minimum absolute atomic E-state index is 0.402. The third-order valence-corrected chi connectivity index (χ3v) is 3.45. The van der Waals surface area contributed by atoms with Crippen LogP contribution in [-0.4, -0.2) is 5.97 Å². The molecule has 0 saturated carbocycles. The number of aryl methyl sites for hydroxylation is 1. The van der Waals surface area contributed by atoms with Crippen molar-refractivity contribution in [3.05, 3.63) is 62.7 Å². The lowest BCUT2D eigenvalue weighted by molar-refractivity contribution is 0.0734. The highest BCUT2D eigenvalue weighted by Gasteiger charge is 2.09. The van der Waals surface area contributed by atoms with Crippen LogP contribution in [0.15, 0.2) is 42.5 Å². The van der Waals surface area contributed by atoms with Crippen LogP contribution in [0.3, 0.4) is 0 Å². The van der Waals surface area contributed by atoms with Crippen LogP contribution in [0.1, 0.15) is 21.5 Å². The van der Waals surface area contributed by atoms with Crippen LogP contribution in [-0.2, 0) is 0 Å². The number of benzene rings is 2. The van der Waals surface area contributed by atoms with E-state index in [-0.39, 0.29) is 0 Å². The molecule has 0 atom stereocenters. The summed E-state index contributed by atoms with van der Waals surface area (Å²) in [5.41, 5.74) is 2.16. The van der Waals surface area contributed by atoms with Crippen LogP contribution in [0.5, 0.6) is 5.75 Å². The Morgan fingerprint density at radius 3 is 2.47 bits per heavy atom. The highest BCUT2D eigenvalue weighted by atomic mass is 127. The first-order chi connectivity index (χ1) is 9.10. The number of hydrogen-bond acceptors (Lipinski definition) is 3. The average molecular weight is 363 g/mol. The van der Waals surface area contributed by atoms with Gasteiger partial charge in [-0.2, -0.15) is 5.26 Å². The second kappa shape index (κ2) is 5.85. The molecule has 19 heavy (non-hydrogen) atoms. The Labute approximate surface area is 125 Å². The standard InChI is InChI=1S/C15H10INO2/c1-10-2-4-11(5-3-10)15(18)19-13-7-6-12(9-17)14(16)8-13/h2-8H,1H3. The number of halogens is 1. The maximum absolute atomic E-state index is 11.9. The van der Waals surface area contributed by atoms with E-state index in [1.807, 2.05) is 41.6 Å². The first-order valence-corrected chi connectivity index (χ1v) is 6.66. The van der Waals surface area contributed by atoms with Gasteiger partial charge in [0.05, 0.1) is 11.1 Å². The third kappa shape index (κ3) is 3.32. The molecule has 94 valence electrons. The molecule has 0 spiro atoms. The van der Waals surface area contributed by atoms with Crippen LogP contribution in [0.4, 0.5) is 0 Å². The van der Waals surface area contributed by atoms with Gasteiger partial charge in [0.1, 0.15) is 11.8 Å². The van der Waals surface area contributed by atoms with E-state index in [4.69, 9.17) is 10.00 Å². The molecule has 2 rings (SSSR count). The normalized spacial score (nSPS) is 9.74. The lowest BCUT2D eigenvalue weighted by Gasteiger charge is -2.05. The van der Waals surface area contributed by atoms with Gasteiger partial charge in [-0.15, -0.1) is 0 Å². The Morgan fingerprint density at radius 1 is 1.21 bits per heavy atom. The predicted octanol–water partition coefficient (Wildman–Crippen LogP) is 3.69. The quantitative estimate of drug-likeness (QED) is 0.465. The zero-order chi connectivity index (χ0) is 13.8. The van der Waals surface area contributed by atoms with E-state index in [9.17, 15) is 4.79 Å². The SMILES string of the molecule is Cc1ccc(C(=O)Oc2ccc(C#N)c(I)c2)cc1. The highest BCUT2D eigenvalue weighted by molar-refractivity contribution is 14.1. The smallest absolute Gasteiger partial charge is 0.343 e. The van der Waals surface area contributed by atoms with Gasteiger partial charge in [-0.25, -0.2) is 4.79 Å². The van der Waals surface area contributed by atoms with Gasteiger partial charge in [0.25, 0.3) is 0 Å². The van der Waals surface area contributed by atoms with Crippen molar-refractivity contribution in [2.75, 3.05) is 0 Å². The molecular formula is C15H10INO2. The minimum Gasteiger partial charge on any atom is -0.423 e.